The molecule has 0 heterocycles. The van der Waals surface area contributed by atoms with Crippen LogP contribution in [-0.2, 0) is 0 Å². The van der Waals surface area contributed by atoms with Crippen LogP contribution in [0.4, 0.5) is 0 Å². The fourth-order valence-corrected chi connectivity index (χ4v) is 13.4. The molecule has 0 spiro atoms. The van der Waals surface area contributed by atoms with E-state index in [1.807, 2.05) is 0 Å². The van der Waals surface area contributed by atoms with Gasteiger partial charge in [0.25, 0.3) is 0 Å². The molecule has 2 unspecified atom stereocenters. The van der Waals surface area contributed by atoms with E-state index in [1.54, 1.807) is 21.5 Å². The number of rotatable bonds is 4. The predicted octanol–water partition coefficient (Wildman–Crippen LogP) is 7.22. The van der Waals surface area contributed by atoms with E-state index < -0.39 is 16.1 Å². The van der Waals surface area contributed by atoms with Crippen LogP contribution in [0.1, 0.15) is 65.4 Å². The van der Waals surface area contributed by atoms with Crippen molar-refractivity contribution in [3.05, 3.63) is 46.6 Å². The summed E-state index contributed by atoms with van der Waals surface area (Å²) in [4.78, 5) is 0. The molecule has 0 radical (unpaired) electrons. The molecule has 0 N–H and O–H groups in total. The third-order valence-electron chi connectivity index (χ3n) is 8.48. The maximum Gasteiger partial charge on any atom is 0.101 e. The van der Waals surface area contributed by atoms with Gasteiger partial charge in [-0.2, -0.15) is 0 Å². The van der Waals surface area contributed by atoms with Crippen LogP contribution in [0.3, 0.4) is 0 Å². The average Bonchev–Trinajstić information content (AvgIpc) is 2.84. The Morgan fingerprint density at radius 2 is 1.39 bits per heavy atom. The Kier molecular flexibility index (Phi) is 5.79. The maximum atomic E-state index is 2.75. The van der Waals surface area contributed by atoms with E-state index in [0.717, 1.165) is 5.54 Å². The molecule has 1 aromatic carbocycles. The van der Waals surface area contributed by atoms with E-state index in [2.05, 4.69) is 85.1 Å². The minimum Gasteiger partial charge on any atom is -0.0737 e. The van der Waals surface area contributed by atoms with Crippen molar-refractivity contribution in [1.29, 1.82) is 0 Å². The smallest absolute Gasteiger partial charge is 0.0737 e. The molecule has 0 aliphatic heterocycles. The van der Waals surface area contributed by atoms with Crippen LogP contribution in [-0.4, -0.2) is 16.1 Å². The van der Waals surface area contributed by atoms with Crippen molar-refractivity contribution >= 4 is 26.5 Å². The Balaban J connectivity index is 2.26. The van der Waals surface area contributed by atoms with Gasteiger partial charge in [0.05, 0.1) is 8.07 Å². The largest absolute Gasteiger partial charge is 0.101 e. The minimum atomic E-state index is -1.82. The lowest BCUT2D eigenvalue weighted by Crippen LogP contribution is -2.59. The number of hydrogen-bond acceptors (Lipinski definition) is 0. The molecular formula is C26H42Si2. The molecule has 0 saturated heterocycles. The molecule has 154 valence electrons. The van der Waals surface area contributed by atoms with Gasteiger partial charge in [-0.15, -0.1) is 0 Å². The van der Waals surface area contributed by atoms with Crippen molar-refractivity contribution in [2.75, 3.05) is 0 Å². The van der Waals surface area contributed by atoms with Gasteiger partial charge in [-0.25, -0.2) is 0 Å². The normalized spacial score (nSPS) is 26.4. The first-order valence-electron chi connectivity index (χ1n) is 11.4. The zero-order chi connectivity index (χ0) is 20.9. The van der Waals surface area contributed by atoms with Crippen molar-refractivity contribution in [2.45, 2.75) is 103 Å². The topological polar surface area (TPSA) is 0 Å². The van der Waals surface area contributed by atoms with E-state index in [-0.39, 0.29) is 5.04 Å². The number of aryl methyl sites for hydroxylation is 1. The van der Waals surface area contributed by atoms with E-state index in [0.29, 0.717) is 0 Å². The Labute approximate surface area is 176 Å². The number of hydrogen-bond donors (Lipinski definition) is 0. The molecule has 0 amide bonds. The second-order valence-corrected chi connectivity index (χ2v) is 21.1. The molecule has 28 heavy (non-hydrogen) atoms. The summed E-state index contributed by atoms with van der Waals surface area (Å²) in [5, 5.41) is 3.63. The number of benzene rings is 1. The highest BCUT2D eigenvalue weighted by Crippen LogP contribution is 2.58. The summed E-state index contributed by atoms with van der Waals surface area (Å²) >= 11 is 0. The average molecular weight is 411 g/mol. The highest BCUT2D eigenvalue weighted by molar-refractivity contribution is 6.96. The Morgan fingerprint density at radius 1 is 0.821 bits per heavy atom. The van der Waals surface area contributed by atoms with Gasteiger partial charge >= 0.3 is 0 Å². The van der Waals surface area contributed by atoms with Gasteiger partial charge in [0.1, 0.15) is 8.07 Å². The van der Waals surface area contributed by atoms with Crippen LogP contribution in [0.5, 0.6) is 0 Å². The highest BCUT2D eigenvalue weighted by Gasteiger charge is 2.54. The van der Waals surface area contributed by atoms with E-state index in [4.69, 9.17) is 0 Å². The van der Waals surface area contributed by atoms with Crippen molar-refractivity contribution in [3.8, 4) is 0 Å². The van der Waals surface area contributed by atoms with Crippen LogP contribution in [0.15, 0.2) is 41.0 Å². The van der Waals surface area contributed by atoms with Crippen molar-refractivity contribution < 1.29 is 0 Å². The summed E-state index contributed by atoms with van der Waals surface area (Å²) in [6.07, 6.45) is 9.85. The summed E-state index contributed by atoms with van der Waals surface area (Å²) in [5.41, 5.74) is 7.10. The maximum absolute atomic E-state index is 2.75. The molecule has 2 heteroatoms. The fourth-order valence-electron chi connectivity index (χ4n) is 6.03. The molecule has 0 bridgehead atoms. The highest BCUT2D eigenvalue weighted by atomic mass is 28.3. The number of allylic oxidation sites excluding steroid dienone is 4. The third kappa shape index (κ3) is 3.45. The van der Waals surface area contributed by atoms with Crippen LogP contribution >= 0.6 is 0 Å². The second-order valence-electron chi connectivity index (χ2n) is 11.2. The lowest BCUT2D eigenvalue weighted by Gasteiger charge is -2.50. The monoisotopic (exact) mass is 410 g/mol. The second kappa shape index (κ2) is 7.43. The van der Waals surface area contributed by atoms with Gasteiger partial charge in [0.15, 0.2) is 0 Å². The third-order valence-corrected chi connectivity index (χ3v) is 16.9. The molecule has 0 nitrogen and oxygen atoms in total. The molecular weight excluding hydrogens is 368 g/mol. The molecule has 3 rings (SSSR count). The summed E-state index contributed by atoms with van der Waals surface area (Å²) < 4.78 is 0. The zero-order valence-electron chi connectivity index (χ0n) is 19.9. The Hall–Kier alpha value is -0.866. The zero-order valence-corrected chi connectivity index (χ0v) is 21.9. The first kappa shape index (κ1) is 21.8. The van der Waals surface area contributed by atoms with Crippen molar-refractivity contribution in [3.63, 3.8) is 0 Å². The summed E-state index contributed by atoms with van der Waals surface area (Å²) in [6, 6.07) is 7.74. The van der Waals surface area contributed by atoms with E-state index >= 15 is 0 Å². The quantitative estimate of drug-likeness (QED) is 0.460. The summed E-state index contributed by atoms with van der Waals surface area (Å²) in [6.45, 7) is 22.3. The minimum absolute atomic E-state index is 0.244. The standard InChI is InChI=1S/C26H42Si2/c1-19-15-24(27(6,7)8)17-25(16-19)28(9,23-13-11-10-12-14-23)26(5)18-20(2)21(3)22(26)4/h15-18,23H,10-14H2,1-9H3. The molecule has 1 aromatic rings. The molecule has 1 saturated carbocycles. The first-order valence-corrected chi connectivity index (χ1v) is 17.5. The van der Waals surface area contributed by atoms with Gasteiger partial charge in [-0.3, -0.25) is 0 Å². The summed E-state index contributed by atoms with van der Waals surface area (Å²) in [5.74, 6) is 0. The SMILES string of the molecule is CC1=CC(C)([Si](C)(c2cc(C)cc([Si](C)(C)C)c2)C2CCCCC2)C(C)=C1C. The van der Waals surface area contributed by atoms with E-state index in [9.17, 15) is 0 Å². The van der Waals surface area contributed by atoms with Gasteiger partial charge in [-0.05, 0) is 38.8 Å². The van der Waals surface area contributed by atoms with Gasteiger partial charge in [0, 0.05) is 5.04 Å². The molecule has 1 fully saturated rings. The molecule has 2 atom stereocenters. The van der Waals surface area contributed by atoms with Crippen LogP contribution in [0, 0.1) is 6.92 Å². The van der Waals surface area contributed by atoms with Crippen molar-refractivity contribution in [1.82, 2.24) is 0 Å². The predicted molar refractivity (Wildman–Crippen MR) is 133 cm³/mol. The Bertz CT molecular complexity index is 817. The lowest BCUT2D eigenvalue weighted by molar-refractivity contribution is 0.486. The van der Waals surface area contributed by atoms with Crippen LogP contribution in [0.2, 0.25) is 36.8 Å². The van der Waals surface area contributed by atoms with Crippen molar-refractivity contribution in [2.24, 2.45) is 0 Å². The van der Waals surface area contributed by atoms with Crippen LogP contribution < -0.4 is 10.4 Å². The lowest BCUT2D eigenvalue weighted by atomic mass is 10.00. The van der Waals surface area contributed by atoms with Gasteiger partial charge < -0.3 is 0 Å². The Morgan fingerprint density at radius 3 is 1.89 bits per heavy atom. The van der Waals surface area contributed by atoms with Gasteiger partial charge in [-0.1, -0.05) is 117 Å². The van der Waals surface area contributed by atoms with Gasteiger partial charge in [0.2, 0.25) is 0 Å². The first-order chi connectivity index (χ1) is 12.9. The molecule has 2 aliphatic rings. The summed E-state index contributed by atoms with van der Waals surface area (Å²) in [7, 11) is -3.15. The van der Waals surface area contributed by atoms with E-state index in [1.165, 1.54) is 43.2 Å². The molecule has 2 aliphatic carbocycles. The molecule has 0 aromatic heterocycles. The fraction of sp³-hybridized carbons (Fsp3) is 0.615. The van der Waals surface area contributed by atoms with Crippen LogP contribution in [0.25, 0.3) is 0 Å².